The fourth-order valence-corrected chi connectivity index (χ4v) is 2.70. The minimum Gasteiger partial charge on any atom is -0.477 e. The van der Waals surface area contributed by atoms with E-state index in [9.17, 15) is 28.0 Å². The fraction of sp³-hybridized carbons (Fsp3) is 0.125. The first-order valence-electron chi connectivity index (χ1n) is 7.12. The lowest BCUT2D eigenvalue weighted by molar-refractivity contribution is -0.120. The highest BCUT2D eigenvalue weighted by Crippen LogP contribution is 2.31. The molecule has 1 aliphatic heterocycles. The molecule has 0 bridgehead atoms. The summed E-state index contributed by atoms with van der Waals surface area (Å²) < 4.78 is 30.5. The summed E-state index contributed by atoms with van der Waals surface area (Å²) >= 11 is 0. The van der Waals surface area contributed by atoms with Crippen molar-refractivity contribution in [2.45, 2.75) is 13.5 Å². The SMILES string of the molecule is CCn1cc(C(=O)O)c(=O)c2cc(F)c(N3C(=O)C=CC3=O)c(F)c21. The zero-order chi connectivity index (χ0) is 18.5. The van der Waals surface area contributed by atoms with Crippen molar-refractivity contribution in [1.82, 2.24) is 4.57 Å². The molecule has 1 N–H and O–H groups in total. The summed E-state index contributed by atoms with van der Waals surface area (Å²) in [5.41, 5.74) is -3.00. The number of hydrogen-bond donors (Lipinski definition) is 1. The highest BCUT2D eigenvalue weighted by Gasteiger charge is 2.32. The van der Waals surface area contributed by atoms with E-state index in [1.165, 1.54) is 0 Å². The molecule has 0 fully saturated rings. The Morgan fingerprint density at radius 2 is 1.76 bits per heavy atom. The van der Waals surface area contributed by atoms with Crippen molar-refractivity contribution in [2.75, 3.05) is 4.90 Å². The topological polar surface area (TPSA) is 96.7 Å². The molecule has 0 aliphatic carbocycles. The molecule has 1 aromatic heterocycles. The lowest BCUT2D eigenvalue weighted by Crippen LogP contribution is -2.32. The van der Waals surface area contributed by atoms with Gasteiger partial charge in [-0.1, -0.05) is 0 Å². The van der Waals surface area contributed by atoms with E-state index in [4.69, 9.17) is 5.11 Å². The summed E-state index contributed by atoms with van der Waals surface area (Å²) in [6.45, 7) is 1.63. The molecule has 0 saturated carbocycles. The number of carbonyl (C=O) groups excluding carboxylic acids is 2. The number of carboxylic acid groups (broad SMARTS) is 1. The van der Waals surface area contributed by atoms with Crippen molar-refractivity contribution in [3.05, 3.63) is 51.8 Å². The zero-order valence-corrected chi connectivity index (χ0v) is 12.7. The van der Waals surface area contributed by atoms with Crippen LogP contribution < -0.4 is 10.3 Å². The minimum atomic E-state index is -1.53. The molecule has 0 radical (unpaired) electrons. The predicted octanol–water partition coefficient (Wildman–Crippen LogP) is 1.43. The Morgan fingerprint density at radius 3 is 2.28 bits per heavy atom. The van der Waals surface area contributed by atoms with Gasteiger partial charge in [-0.05, 0) is 13.0 Å². The Balaban J connectivity index is 2.44. The number of hydrogen-bond acceptors (Lipinski definition) is 4. The number of halogens is 2. The van der Waals surface area contributed by atoms with Gasteiger partial charge in [0.2, 0.25) is 5.43 Å². The van der Waals surface area contributed by atoms with Crippen LogP contribution in [-0.4, -0.2) is 27.5 Å². The third kappa shape index (κ3) is 2.32. The minimum absolute atomic E-state index is 0.0686. The van der Waals surface area contributed by atoms with Crippen LogP contribution in [0.2, 0.25) is 0 Å². The maximum absolute atomic E-state index is 15.0. The standard InChI is InChI=1S/C16H10F2N2O5/c1-2-19-6-8(16(24)25)15(23)7-5-9(17)14(12(18)13(7)19)20-10(21)3-4-11(20)22/h3-6H,2H2,1H3,(H,24,25). The number of carboxylic acids is 1. The van der Waals surface area contributed by atoms with Crippen molar-refractivity contribution in [2.24, 2.45) is 0 Å². The van der Waals surface area contributed by atoms with Gasteiger partial charge < -0.3 is 9.67 Å². The predicted molar refractivity (Wildman–Crippen MR) is 82.4 cm³/mol. The number of rotatable bonds is 3. The number of pyridine rings is 1. The van der Waals surface area contributed by atoms with Gasteiger partial charge in [0.05, 0.1) is 10.9 Å². The van der Waals surface area contributed by atoms with Gasteiger partial charge >= 0.3 is 5.97 Å². The van der Waals surface area contributed by atoms with Gasteiger partial charge in [-0.2, -0.15) is 0 Å². The van der Waals surface area contributed by atoms with Gasteiger partial charge in [-0.25, -0.2) is 18.5 Å². The third-order valence-electron chi connectivity index (χ3n) is 3.83. The quantitative estimate of drug-likeness (QED) is 0.847. The number of benzene rings is 1. The Hall–Kier alpha value is -3.36. The molecule has 0 spiro atoms. The second-order valence-corrected chi connectivity index (χ2v) is 5.23. The molecule has 25 heavy (non-hydrogen) atoms. The summed E-state index contributed by atoms with van der Waals surface area (Å²) in [5, 5.41) is 8.58. The average Bonchev–Trinajstić information content (AvgIpc) is 2.87. The van der Waals surface area contributed by atoms with Crippen LogP contribution in [0.3, 0.4) is 0 Å². The summed E-state index contributed by atoms with van der Waals surface area (Å²) in [6, 6.07) is 0.632. The van der Waals surface area contributed by atoms with Crippen molar-refractivity contribution < 1.29 is 28.3 Å². The van der Waals surface area contributed by atoms with E-state index in [0.717, 1.165) is 22.9 Å². The van der Waals surface area contributed by atoms with E-state index < -0.39 is 51.5 Å². The molecule has 9 heteroatoms. The van der Waals surface area contributed by atoms with Crippen LogP contribution in [0.5, 0.6) is 0 Å². The van der Waals surface area contributed by atoms with Gasteiger partial charge in [0.15, 0.2) is 11.6 Å². The van der Waals surface area contributed by atoms with E-state index in [1.807, 2.05) is 0 Å². The lowest BCUT2D eigenvalue weighted by Gasteiger charge is -2.19. The zero-order valence-electron chi connectivity index (χ0n) is 12.7. The van der Waals surface area contributed by atoms with E-state index in [0.29, 0.717) is 11.0 Å². The third-order valence-corrected chi connectivity index (χ3v) is 3.83. The summed E-state index contributed by atoms with van der Waals surface area (Å²) in [6.07, 6.45) is 2.67. The van der Waals surface area contributed by atoms with E-state index >= 15 is 0 Å². The van der Waals surface area contributed by atoms with Gasteiger partial charge in [0, 0.05) is 24.9 Å². The number of carbonyl (C=O) groups is 3. The Labute approximate surface area is 138 Å². The van der Waals surface area contributed by atoms with Crippen molar-refractivity contribution in [3.8, 4) is 0 Å². The first-order chi connectivity index (χ1) is 11.8. The second-order valence-electron chi connectivity index (χ2n) is 5.23. The van der Waals surface area contributed by atoms with Gasteiger partial charge in [0.25, 0.3) is 11.8 Å². The van der Waals surface area contributed by atoms with Crippen LogP contribution >= 0.6 is 0 Å². The highest BCUT2D eigenvalue weighted by atomic mass is 19.1. The molecule has 0 unspecified atom stereocenters. The lowest BCUT2D eigenvalue weighted by atomic mass is 10.1. The monoisotopic (exact) mass is 348 g/mol. The van der Waals surface area contributed by atoms with Gasteiger partial charge in [0.1, 0.15) is 11.3 Å². The van der Waals surface area contributed by atoms with Gasteiger partial charge in [-0.3, -0.25) is 14.4 Å². The number of amides is 2. The molecule has 2 heterocycles. The highest BCUT2D eigenvalue weighted by molar-refractivity contribution is 6.28. The largest absolute Gasteiger partial charge is 0.477 e. The number of imide groups is 1. The number of fused-ring (bicyclic) bond motifs is 1. The van der Waals surface area contributed by atoms with E-state index in [1.54, 1.807) is 6.92 Å². The number of aromatic carboxylic acids is 1. The van der Waals surface area contributed by atoms with Crippen LogP contribution in [0.15, 0.2) is 29.2 Å². The first-order valence-corrected chi connectivity index (χ1v) is 7.12. The fourth-order valence-electron chi connectivity index (χ4n) is 2.70. The molecule has 7 nitrogen and oxygen atoms in total. The molecule has 2 aromatic rings. The molecule has 1 aromatic carbocycles. The van der Waals surface area contributed by atoms with Crippen molar-refractivity contribution in [3.63, 3.8) is 0 Å². The summed E-state index contributed by atoms with van der Waals surface area (Å²) in [4.78, 5) is 47.2. The Morgan fingerprint density at radius 1 is 1.16 bits per heavy atom. The van der Waals surface area contributed by atoms with Gasteiger partial charge in [-0.15, -0.1) is 0 Å². The summed E-state index contributed by atoms with van der Waals surface area (Å²) in [5.74, 6) is -5.99. The first kappa shape index (κ1) is 16.5. The molecule has 2 amide bonds. The molecular formula is C16H10F2N2O5. The normalized spacial score (nSPS) is 14.0. The molecule has 128 valence electrons. The maximum atomic E-state index is 15.0. The maximum Gasteiger partial charge on any atom is 0.341 e. The molecule has 0 atom stereocenters. The molecule has 1 aliphatic rings. The Kier molecular flexibility index (Phi) is 3.71. The smallest absolute Gasteiger partial charge is 0.341 e. The van der Waals surface area contributed by atoms with Crippen LogP contribution in [0.4, 0.5) is 14.5 Å². The Bertz CT molecular complexity index is 1040. The van der Waals surface area contributed by atoms with Crippen LogP contribution in [-0.2, 0) is 16.1 Å². The van der Waals surface area contributed by atoms with Crippen LogP contribution in [0, 0.1) is 11.6 Å². The number of nitrogens with zero attached hydrogens (tertiary/aromatic N) is 2. The van der Waals surface area contributed by atoms with Crippen molar-refractivity contribution in [1.29, 1.82) is 0 Å². The number of anilines is 1. The number of aryl methyl sites for hydroxylation is 1. The van der Waals surface area contributed by atoms with Crippen molar-refractivity contribution >= 4 is 34.4 Å². The molecular weight excluding hydrogens is 338 g/mol. The molecule has 0 saturated heterocycles. The second kappa shape index (κ2) is 5.62. The number of aromatic nitrogens is 1. The van der Waals surface area contributed by atoms with Crippen LogP contribution in [0.1, 0.15) is 17.3 Å². The molecule has 3 rings (SSSR count). The van der Waals surface area contributed by atoms with E-state index in [-0.39, 0.29) is 12.1 Å². The average molecular weight is 348 g/mol. The van der Waals surface area contributed by atoms with Crippen LogP contribution in [0.25, 0.3) is 10.9 Å². The van der Waals surface area contributed by atoms with E-state index in [2.05, 4.69) is 0 Å². The summed E-state index contributed by atoms with van der Waals surface area (Å²) in [7, 11) is 0.